The number of amides is 1. The van der Waals surface area contributed by atoms with Crippen molar-refractivity contribution in [2.75, 3.05) is 26.1 Å². The normalized spacial score (nSPS) is 16.7. The van der Waals surface area contributed by atoms with E-state index in [1.54, 1.807) is 18.2 Å². The van der Waals surface area contributed by atoms with Crippen LogP contribution in [0.5, 0.6) is 11.5 Å². The number of carbonyl (C=O) groups is 1. The lowest BCUT2D eigenvalue weighted by Gasteiger charge is -2.32. The number of anilines is 1. The fraction of sp³-hybridized carbons (Fsp3) is 0.348. The molecular formula is C23H26N4O6S. The molecular weight excluding hydrogens is 460 g/mol. The Bertz CT molecular complexity index is 1250. The van der Waals surface area contributed by atoms with E-state index < -0.39 is 15.9 Å². The third-order valence-electron chi connectivity index (χ3n) is 5.71. The molecule has 0 unspecified atom stereocenters. The summed E-state index contributed by atoms with van der Waals surface area (Å²) in [5, 5.41) is 10.4. The van der Waals surface area contributed by atoms with Gasteiger partial charge in [0.1, 0.15) is 11.5 Å². The van der Waals surface area contributed by atoms with E-state index in [2.05, 4.69) is 15.5 Å². The Morgan fingerprint density at radius 3 is 2.35 bits per heavy atom. The fourth-order valence-electron chi connectivity index (χ4n) is 3.83. The van der Waals surface area contributed by atoms with Gasteiger partial charge in [0.05, 0.1) is 19.1 Å². The van der Waals surface area contributed by atoms with Gasteiger partial charge in [0, 0.05) is 29.8 Å². The van der Waals surface area contributed by atoms with Gasteiger partial charge in [-0.05, 0) is 56.2 Å². The molecule has 180 valence electrons. The van der Waals surface area contributed by atoms with Gasteiger partial charge in [0.2, 0.25) is 15.9 Å². The van der Waals surface area contributed by atoms with E-state index in [1.807, 2.05) is 6.92 Å². The van der Waals surface area contributed by atoms with Gasteiger partial charge in [-0.2, -0.15) is 4.31 Å². The summed E-state index contributed by atoms with van der Waals surface area (Å²) in [4.78, 5) is 12.8. The zero-order valence-electron chi connectivity index (χ0n) is 19.1. The topological polar surface area (TPSA) is 124 Å². The number of hydrogen-bond donors (Lipinski definition) is 1. The van der Waals surface area contributed by atoms with E-state index >= 15 is 0 Å². The van der Waals surface area contributed by atoms with Gasteiger partial charge in [0.25, 0.3) is 5.91 Å². The van der Waals surface area contributed by atoms with Gasteiger partial charge in [-0.25, -0.2) is 8.42 Å². The Morgan fingerprint density at radius 1 is 1.06 bits per heavy atom. The molecule has 0 bridgehead atoms. The maximum Gasteiger partial charge on any atom is 0.322 e. The second-order valence-electron chi connectivity index (χ2n) is 7.95. The SMILES string of the molecule is COc1cc(OC)cc(-c2nnc(NC(=O)c3ccc(S(=O)(=O)N4CCCC[C@H]4C)cc3)o2)c1. The summed E-state index contributed by atoms with van der Waals surface area (Å²) in [6.45, 7) is 2.42. The number of benzene rings is 2. The van der Waals surface area contributed by atoms with Gasteiger partial charge < -0.3 is 13.9 Å². The minimum absolute atomic E-state index is 0.0435. The van der Waals surface area contributed by atoms with Crippen LogP contribution in [0.1, 0.15) is 36.5 Å². The summed E-state index contributed by atoms with van der Waals surface area (Å²) in [7, 11) is -0.552. The number of nitrogens with zero attached hydrogens (tertiary/aromatic N) is 3. The molecule has 0 radical (unpaired) electrons. The predicted molar refractivity (Wildman–Crippen MR) is 124 cm³/mol. The van der Waals surface area contributed by atoms with E-state index in [-0.39, 0.29) is 28.4 Å². The van der Waals surface area contributed by atoms with Crippen LogP contribution >= 0.6 is 0 Å². The minimum Gasteiger partial charge on any atom is -0.497 e. The monoisotopic (exact) mass is 486 g/mol. The number of rotatable bonds is 7. The van der Waals surface area contributed by atoms with Crippen molar-refractivity contribution in [3.8, 4) is 23.0 Å². The van der Waals surface area contributed by atoms with Crippen LogP contribution in [0.3, 0.4) is 0 Å². The highest BCUT2D eigenvalue weighted by molar-refractivity contribution is 7.89. The number of hydrogen-bond acceptors (Lipinski definition) is 8. The summed E-state index contributed by atoms with van der Waals surface area (Å²) in [6, 6.07) is 10.8. The van der Waals surface area contributed by atoms with Crippen molar-refractivity contribution in [1.82, 2.24) is 14.5 Å². The molecule has 1 N–H and O–H groups in total. The van der Waals surface area contributed by atoms with E-state index in [9.17, 15) is 13.2 Å². The molecule has 1 aliphatic rings. The van der Waals surface area contributed by atoms with Gasteiger partial charge >= 0.3 is 6.01 Å². The molecule has 0 aliphatic carbocycles. The number of methoxy groups -OCH3 is 2. The summed E-state index contributed by atoms with van der Waals surface area (Å²) in [6.07, 6.45) is 2.71. The molecule has 1 aliphatic heterocycles. The largest absolute Gasteiger partial charge is 0.497 e. The Labute approximate surface area is 197 Å². The molecule has 1 amide bonds. The zero-order chi connectivity index (χ0) is 24.3. The Balaban J connectivity index is 1.47. The van der Waals surface area contributed by atoms with Crippen molar-refractivity contribution in [2.24, 2.45) is 0 Å². The van der Waals surface area contributed by atoms with Gasteiger partial charge in [-0.15, -0.1) is 5.10 Å². The lowest BCUT2D eigenvalue weighted by atomic mass is 10.1. The first-order valence-electron chi connectivity index (χ1n) is 10.8. The quantitative estimate of drug-likeness (QED) is 0.538. The molecule has 0 spiro atoms. The number of piperidine rings is 1. The molecule has 4 rings (SSSR count). The number of ether oxygens (including phenoxy) is 2. The third kappa shape index (κ3) is 4.90. The molecule has 1 atom stereocenters. The van der Waals surface area contributed by atoms with Crippen LogP contribution in [0.15, 0.2) is 51.8 Å². The smallest absolute Gasteiger partial charge is 0.322 e. The second-order valence-corrected chi connectivity index (χ2v) is 9.84. The molecule has 3 aromatic rings. The lowest BCUT2D eigenvalue weighted by Crippen LogP contribution is -2.41. The highest BCUT2D eigenvalue weighted by atomic mass is 32.2. The average molecular weight is 487 g/mol. The minimum atomic E-state index is -3.61. The summed E-state index contributed by atoms with van der Waals surface area (Å²) >= 11 is 0. The Morgan fingerprint density at radius 2 is 1.74 bits per heavy atom. The van der Waals surface area contributed by atoms with E-state index in [4.69, 9.17) is 13.9 Å². The average Bonchev–Trinajstić information content (AvgIpc) is 3.32. The van der Waals surface area contributed by atoms with Crippen molar-refractivity contribution < 1.29 is 27.1 Å². The van der Waals surface area contributed by atoms with Gasteiger partial charge in [0.15, 0.2) is 0 Å². The van der Waals surface area contributed by atoms with Crippen LogP contribution in [-0.2, 0) is 10.0 Å². The van der Waals surface area contributed by atoms with Crippen molar-refractivity contribution in [3.63, 3.8) is 0 Å². The molecule has 2 heterocycles. The van der Waals surface area contributed by atoms with E-state index in [1.165, 1.54) is 42.8 Å². The van der Waals surface area contributed by atoms with Crippen molar-refractivity contribution >= 4 is 21.9 Å². The van der Waals surface area contributed by atoms with Gasteiger partial charge in [-0.1, -0.05) is 11.5 Å². The molecule has 0 saturated carbocycles. The molecule has 2 aromatic carbocycles. The van der Waals surface area contributed by atoms with Crippen LogP contribution in [0, 0.1) is 0 Å². The van der Waals surface area contributed by atoms with E-state index in [0.717, 1.165) is 19.3 Å². The third-order valence-corrected chi connectivity index (χ3v) is 7.74. The first-order valence-corrected chi connectivity index (χ1v) is 12.3. The van der Waals surface area contributed by atoms with Crippen LogP contribution in [0.4, 0.5) is 6.01 Å². The summed E-state index contributed by atoms with van der Waals surface area (Å²) in [5.41, 5.74) is 0.819. The first kappa shape index (κ1) is 23.7. The Hall–Kier alpha value is -3.44. The number of carbonyl (C=O) groups excluding carboxylic acids is 1. The summed E-state index contributed by atoms with van der Waals surface area (Å²) in [5.74, 6) is 0.762. The summed E-state index contributed by atoms with van der Waals surface area (Å²) < 4.78 is 43.5. The maximum absolute atomic E-state index is 13.0. The number of aromatic nitrogens is 2. The molecule has 11 heteroatoms. The van der Waals surface area contributed by atoms with Crippen LogP contribution in [0.2, 0.25) is 0 Å². The first-order chi connectivity index (χ1) is 16.3. The second kappa shape index (κ2) is 9.82. The van der Waals surface area contributed by atoms with Crippen LogP contribution in [-0.4, -0.2) is 55.6 Å². The Kier molecular flexibility index (Phi) is 6.85. The molecule has 1 aromatic heterocycles. The van der Waals surface area contributed by atoms with E-state index in [0.29, 0.717) is 23.6 Å². The highest BCUT2D eigenvalue weighted by Crippen LogP contribution is 2.30. The lowest BCUT2D eigenvalue weighted by molar-refractivity contribution is 0.102. The standard InChI is InChI=1S/C23H26N4O6S/c1-15-6-4-5-11-27(15)34(29,30)20-9-7-16(8-10-20)21(28)24-23-26-25-22(33-23)17-12-18(31-2)14-19(13-17)32-3/h7-10,12-15H,4-6,11H2,1-3H3,(H,24,26,28)/t15-/m1/s1. The molecule has 34 heavy (non-hydrogen) atoms. The molecule has 10 nitrogen and oxygen atoms in total. The highest BCUT2D eigenvalue weighted by Gasteiger charge is 2.31. The van der Waals surface area contributed by atoms with Crippen LogP contribution in [0.25, 0.3) is 11.5 Å². The fourth-order valence-corrected chi connectivity index (χ4v) is 5.53. The van der Waals surface area contributed by atoms with Gasteiger partial charge in [-0.3, -0.25) is 10.1 Å². The molecule has 1 fully saturated rings. The number of sulfonamides is 1. The van der Waals surface area contributed by atoms with Crippen LogP contribution < -0.4 is 14.8 Å². The number of nitrogens with one attached hydrogen (secondary N) is 1. The van der Waals surface area contributed by atoms with Crippen molar-refractivity contribution in [3.05, 3.63) is 48.0 Å². The van der Waals surface area contributed by atoms with Crippen molar-refractivity contribution in [2.45, 2.75) is 37.1 Å². The molecule has 1 saturated heterocycles. The predicted octanol–water partition coefficient (Wildman–Crippen LogP) is 3.57. The maximum atomic E-state index is 13.0. The zero-order valence-corrected chi connectivity index (χ0v) is 20.0. The van der Waals surface area contributed by atoms with Crippen molar-refractivity contribution in [1.29, 1.82) is 0 Å².